The highest BCUT2D eigenvalue weighted by Gasteiger charge is 2.29. The molecule has 2 N–H and O–H groups in total. The van der Waals surface area contributed by atoms with Gasteiger partial charge in [-0.3, -0.25) is 4.79 Å². The molecule has 3 aromatic heterocycles. The van der Waals surface area contributed by atoms with Gasteiger partial charge in [0.15, 0.2) is 11.4 Å². The van der Waals surface area contributed by atoms with Gasteiger partial charge in [-0.2, -0.15) is 14.7 Å². The molecule has 0 radical (unpaired) electrons. The Morgan fingerprint density at radius 2 is 1.88 bits per heavy atom. The molecule has 8 nitrogen and oxygen atoms in total. The number of Topliss-reactive ketones (excluding diaryl/α,β-unsaturated/α-hetero) is 1. The third kappa shape index (κ3) is 3.91. The Bertz CT molecular complexity index is 1290. The molecular weight excluding hydrogens is 416 g/mol. The van der Waals surface area contributed by atoms with E-state index in [9.17, 15) is 4.79 Å². The molecule has 170 valence electrons. The number of hydrogen-bond acceptors (Lipinski definition) is 6. The van der Waals surface area contributed by atoms with Gasteiger partial charge in [0.1, 0.15) is 5.82 Å². The summed E-state index contributed by atoms with van der Waals surface area (Å²) in [6.45, 7) is 2.33. The minimum absolute atomic E-state index is 0.0788. The van der Waals surface area contributed by atoms with Gasteiger partial charge in [0.05, 0.1) is 29.3 Å². The van der Waals surface area contributed by atoms with Gasteiger partial charge in [0.2, 0.25) is 0 Å². The number of para-hydroxylation sites is 1. The van der Waals surface area contributed by atoms with E-state index in [4.69, 9.17) is 15.5 Å². The van der Waals surface area contributed by atoms with Crippen molar-refractivity contribution in [3.05, 3.63) is 60.2 Å². The molecule has 1 aliphatic carbocycles. The van der Waals surface area contributed by atoms with Crippen molar-refractivity contribution in [2.24, 2.45) is 5.92 Å². The molecule has 0 bridgehead atoms. The molecular formula is C25H28N6O2. The number of carbonyl (C=O) groups is 1. The number of anilines is 1. The van der Waals surface area contributed by atoms with Crippen LogP contribution < -0.4 is 5.73 Å². The highest BCUT2D eigenvalue weighted by molar-refractivity contribution is 6.00. The maximum Gasteiger partial charge on any atom is 0.165 e. The summed E-state index contributed by atoms with van der Waals surface area (Å²) in [6, 6.07) is 9.93. The molecule has 0 spiro atoms. The molecule has 0 amide bonds. The van der Waals surface area contributed by atoms with Crippen molar-refractivity contribution in [3.63, 3.8) is 0 Å². The third-order valence-corrected chi connectivity index (χ3v) is 6.61. The van der Waals surface area contributed by atoms with Crippen molar-refractivity contribution >= 4 is 17.2 Å². The number of nitrogens with two attached hydrogens (primary N) is 1. The zero-order valence-corrected chi connectivity index (χ0v) is 18.9. The second kappa shape index (κ2) is 8.78. The van der Waals surface area contributed by atoms with Gasteiger partial charge in [0.25, 0.3) is 0 Å². The standard InChI is InChI=1S/C25H28N6O2/c1-16(32)22-23(18-10-8-17(9-11-18)15-33-2)29-25-21(13-28-31(25)24(22)26)19-12-27-30(14-19)20-6-4-3-5-7-20/h3-7,12-14,17-18H,8-11,15,26H2,1-2H3. The van der Waals surface area contributed by atoms with Gasteiger partial charge < -0.3 is 10.5 Å². The number of nitrogen functional groups attached to an aromatic ring is 1. The van der Waals surface area contributed by atoms with E-state index in [1.54, 1.807) is 30.9 Å². The van der Waals surface area contributed by atoms with Crippen LogP contribution in [0.4, 0.5) is 5.82 Å². The molecule has 8 heteroatoms. The van der Waals surface area contributed by atoms with E-state index in [0.717, 1.165) is 54.8 Å². The molecule has 5 rings (SSSR count). The number of hydrogen-bond donors (Lipinski definition) is 1. The van der Waals surface area contributed by atoms with Crippen molar-refractivity contribution < 1.29 is 9.53 Å². The SMILES string of the molecule is COCC1CCC(c2nc3c(-c4cnn(-c5ccccc5)c4)cnn3c(N)c2C(C)=O)CC1. The van der Waals surface area contributed by atoms with Crippen LogP contribution in [-0.4, -0.2) is 43.9 Å². The average molecular weight is 445 g/mol. The normalized spacial score (nSPS) is 18.6. The zero-order valence-electron chi connectivity index (χ0n) is 18.9. The second-order valence-electron chi connectivity index (χ2n) is 8.79. The fourth-order valence-electron chi connectivity index (χ4n) is 4.91. The maximum absolute atomic E-state index is 12.6. The Morgan fingerprint density at radius 1 is 1.12 bits per heavy atom. The summed E-state index contributed by atoms with van der Waals surface area (Å²) in [7, 11) is 1.75. The van der Waals surface area contributed by atoms with E-state index in [1.807, 2.05) is 41.2 Å². The van der Waals surface area contributed by atoms with Crippen molar-refractivity contribution in [1.82, 2.24) is 24.4 Å². The molecule has 0 unspecified atom stereocenters. The lowest BCUT2D eigenvalue weighted by molar-refractivity contribution is 0.101. The van der Waals surface area contributed by atoms with Gasteiger partial charge in [-0.15, -0.1) is 0 Å². The summed E-state index contributed by atoms with van der Waals surface area (Å²) >= 11 is 0. The van der Waals surface area contributed by atoms with Crippen LogP contribution in [-0.2, 0) is 4.74 Å². The fraction of sp³-hybridized carbons (Fsp3) is 0.360. The van der Waals surface area contributed by atoms with E-state index in [2.05, 4.69) is 10.2 Å². The Labute approximate surface area is 192 Å². The third-order valence-electron chi connectivity index (χ3n) is 6.61. The zero-order chi connectivity index (χ0) is 22.9. The summed E-state index contributed by atoms with van der Waals surface area (Å²) < 4.78 is 8.74. The first-order chi connectivity index (χ1) is 16.1. The summed E-state index contributed by atoms with van der Waals surface area (Å²) in [5.74, 6) is 1.02. The van der Waals surface area contributed by atoms with Crippen molar-refractivity contribution in [2.45, 2.75) is 38.5 Å². The molecule has 1 saturated carbocycles. The van der Waals surface area contributed by atoms with Crippen LogP contribution in [0.1, 0.15) is 54.6 Å². The van der Waals surface area contributed by atoms with E-state index in [1.165, 1.54) is 0 Å². The van der Waals surface area contributed by atoms with Crippen LogP contribution in [0, 0.1) is 5.92 Å². The Kier molecular flexibility index (Phi) is 5.68. The van der Waals surface area contributed by atoms with Gasteiger partial charge in [0, 0.05) is 37.0 Å². The molecule has 0 aliphatic heterocycles. The lowest BCUT2D eigenvalue weighted by Gasteiger charge is -2.29. The first-order valence-electron chi connectivity index (χ1n) is 11.3. The number of fused-ring (bicyclic) bond motifs is 1. The number of nitrogens with zero attached hydrogens (tertiary/aromatic N) is 5. The second-order valence-corrected chi connectivity index (χ2v) is 8.79. The molecule has 33 heavy (non-hydrogen) atoms. The Balaban J connectivity index is 1.56. The monoisotopic (exact) mass is 444 g/mol. The number of carbonyl (C=O) groups excluding carboxylic acids is 1. The summed E-state index contributed by atoms with van der Waals surface area (Å²) in [6.07, 6.45) is 9.54. The molecule has 4 aromatic rings. The maximum atomic E-state index is 12.6. The largest absolute Gasteiger partial charge is 0.384 e. The van der Waals surface area contributed by atoms with Crippen LogP contribution in [0.2, 0.25) is 0 Å². The predicted molar refractivity (Wildman–Crippen MR) is 127 cm³/mol. The topological polar surface area (TPSA) is 100 Å². The summed E-state index contributed by atoms with van der Waals surface area (Å²) in [5.41, 5.74) is 11.1. The van der Waals surface area contributed by atoms with Crippen molar-refractivity contribution in [3.8, 4) is 16.8 Å². The molecule has 1 fully saturated rings. The number of aromatic nitrogens is 5. The smallest absolute Gasteiger partial charge is 0.165 e. The summed E-state index contributed by atoms with van der Waals surface area (Å²) in [5, 5.41) is 8.98. The van der Waals surface area contributed by atoms with E-state index >= 15 is 0 Å². The minimum Gasteiger partial charge on any atom is -0.384 e. The first-order valence-corrected chi connectivity index (χ1v) is 11.3. The fourth-order valence-corrected chi connectivity index (χ4v) is 4.91. The molecule has 0 saturated heterocycles. The molecule has 1 aromatic carbocycles. The van der Waals surface area contributed by atoms with Crippen LogP contribution in [0.3, 0.4) is 0 Å². The lowest BCUT2D eigenvalue weighted by atomic mass is 9.79. The number of ether oxygens (including phenoxy) is 1. The quantitative estimate of drug-likeness (QED) is 0.445. The van der Waals surface area contributed by atoms with Crippen molar-refractivity contribution in [2.75, 3.05) is 19.5 Å². The van der Waals surface area contributed by atoms with Crippen molar-refractivity contribution in [1.29, 1.82) is 0 Å². The number of rotatable bonds is 6. The molecule has 1 aliphatic rings. The number of benzene rings is 1. The number of methoxy groups -OCH3 is 1. The van der Waals surface area contributed by atoms with Gasteiger partial charge in [-0.1, -0.05) is 18.2 Å². The average Bonchev–Trinajstić information content (AvgIpc) is 3.47. The molecule has 3 heterocycles. The van der Waals surface area contributed by atoms with Gasteiger partial charge in [-0.05, 0) is 50.7 Å². The van der Waals surface area contributed by atoms with E-state index in [0.29, 0.717) is 22.9 Å². The number of ketones is 1. The van der Waals surface area contributed by atoms with Crippen LogP contribution in [0.25, 0.3) is 22.5 Å². The van der Waals surface area contributed by atoms with Gasteiger partial charge in [-0.25, -0.2) is 9.67 Å². The Morgan fingerprint density at radius 3 is 2.58 bits per heavy atom. The Hall–Kier alpha value is -3.52. The van der Waals surface area contributed by atoms with E-state index < -0.39 is 0 Å². The predicted octanol–water partition coefficient (Wildman–Crippen LogP) is 4.29. The molecule has 0 atom stereocenters. The van der Waals surface area contributed by atoms with E-state index in [-0.39, 0.29) is 11.7 Å². The lowest BCUT2D eigenvalue weighted by Crippen LogP contribution is -2.21. The highest BCUT2D eigenvalue weighted by Crippen LogP contribution is 2.39. The van der Waals surface area contributed by atoms with Crippen LogP contribution in [0.5, 0.6) is 0 Å². The first kappa shape index (κ1) is 21.3. The highest BCUT2D eigenvalue weighted by atomic mass is 16.5. The van der Waals surface area contributed by atoms with Crippen LogP contribution >= 0.6 is 0 Å². The summed E-state index contributed by atoms with van der Waals surface area (Å²) in [4.78, 5) is 17.6. The van der Waals surface area contributed by atoms with Crippen LogP contribution in [0.15, 0.2) is 48.9 Å². The van der Waals surface area contributed by atoms with Gasteiger partial charge >= 0.3 is 0 Å². The minimum atomic E-state index is -0.0788.